The molecule has 1 fully saturated rings. The van der Waals surface area contributed by atoms with E-state index in [9.17, 15) is 9.59 Å². The van der Waals surface area contributed by atoms with Crippen LogP contribution in [0.1, 0.15) is 41.9 Å². The van der Waals surface area contributed by atoms with Crippen molar-refractivity contribution < 1.29 is 23.5 Å². The van der Waals surface area contributed by atoms with E-state index in [1.54, 1.807) is 18.2 Å². The molecule has 0 unspecified atom stereocenters. The predicted molar refractivity (Wildman–Crippen MR) is 124 cm³/mol. The van der Waals surface area contributed by atoms with Gasteiger partial charge in [0.15, 0.2) is 0 Å². The second-order valence-electron chi connectivity index (χ2n) is 7.96. The Morgan fingerprint density at radius 3 is 2.53 bits per heavy atom. The SMILES string of the molecule is COC(=O)C1CCC(Oc2ccc(NC(=O)c3nnc(Nc4ccc(C)c(Cl)c4)o3)cn2)CC1. The average molecular weight is 486 g/mol. The van der Waals surface area contributed by atoms with Crippen molar-refractivity contribution in [3.8, 4) is 5.88 Å². The summed E-state index contributed by atoms with van der Waals surface area (Å²) in [6.45, 7) is 1.90. The van der Waals surface area contributed by atoms with E-state index in [-0.39, 0.29) is 29.9 Å². The molecular formula is C23H24ClN5O5. The maximum Gasteiger partial charge on any atom is 0.320 e. The van der Waals surface area contributed by atoms with Crippen LogP contribution in [0, 0.1) is 12.8 Å². The molecule has 2 aromatic heterocycles. The molecule has 178 valence electrons. The van der Waals surface area contributed by atoms with Gasteiger partial charge in [-0.1, -0.05) is 22.8 Å². The number of benzene rings is 1. The van der Waals surface area contributed by atoms with Crippen LogP contribution in [0.5, 0.6) is 5.88 Å². The molecule has 1 aliphatic carbocycles. The molecule has 11 heteroatoms. The van der Waals surface area contributed by atoms with Gasteiger partial charge in [-0.25, -0.2) is 4.98 Å². The van der Waals surface area contributed by atoms with Gasteiger partial charge in [0, 0.05) is 16.8 Å². The summed E-state index contributed by atoms with van der Waals surface area (Å²) < 4.78 is 16.1. The van der Waals surface area contributed by atoms with E-state index in [1.165, 1.54) is 13.3 Å². The van der Waals surface area contributed by atoms with Crippen molar-refractivity contribution in [2.45, 2.75) is 38.7 Å². The van der Waals surface area contributed by atoms with Crippen molar-refractivity contribution in [3.63, 3.8) is 0 Å². The summed E-state index contributed by atoms with van der Waals surface area (Å²) in [5, 5.41) is 13.8. The number of carbonyl (C=O) groups excluding carboxylic acids is 2. The number of anilines is 3. The van der Waals surface area contributed by atoms with Crippen LogP contribution in [0.4, 0.5) is 17.4 Å². The fourth-order valence-corrected chi connectivity index (χ4v) is 3.80. The van der Waals surface area contributed by atoms with E-state index < -0.39 is 5.91 Å². The number of aromatic nitrogens is 3. The molecule has 0 saturated heterocycles. The first-order valence-electron chi connectivity index (χ1n) is 10.8. The molecule has 2 heterocycles. The molecule has 1 amide bonds. The first-order valence-corrected chi connectivity index (χ1v) is 11.2. The summed E-state index contributed by atoms with van der Waals surface area (Å²) in [4.78, 5) is 28.3. The van der Waals surface area contributed by atoms with Crippen LogP contribution in [0.3, 0.4) is 0 Å². The monoisotopic (exact) mass is 485 g/mol. The number of pyridine rings is 1. The summed E-state index contributed by atoms with van der Waals surface area (Å²) in [7, 11) is 1.41. The molecule has 0 spiro atoms. The van der Waals surface area contributed by atoms with Gasteiger partial charge in [-0.05, 0) is 56.4 Å². The lowest BCUT2D eigenvalue weighted by atomic mass is 9.87. The highest BCUT2D eigenvalue weighted by molar-refractivity contribution is 6.31. The average Bonchev–Trinajstić information content (AvgIpc) is 3.31. The minimum atomic E-state index is -0.570. The number of ether oxygens (including phenoxy) is 2. The lowest BCUT2D eigenvalue weighted by molar-refractivity contribution is -0.147. The molecule has 34 heavy (non-hydrogen) atoms. The van der Waals surface area contributed by atoms with Gasteiger partial charge in [-0.15, -0.1) is 5.10 Å². The minimum Gasteiger partial charge on any atom is -0.474 e. The molecular weight excluding hydrogens is 462 g/mol. The number of esters is 1. The summed E-state index contributed by atoms with van der Waals surface area (Å²) in [6, 6.07) is 8.79. The van der Waals surface area contributed by atoms with Gasteiger partial charge in [0.25, 0.3) is 0 Å². The van der Waals surface area contributed by atoms with Gasteiger partial charge in [-0.2, -0.15) is 0 Å². The zero-order valence-electron chi connectivity index (χ0n) is 18.7. The maximum atomic E-state index is 12.4. The summed E-state index contributed by atoms with van der Waals surface area (Å²) in [5.74, 6) is -0.561. The quantitative estimate of drug-likeness (QED) is 0.463. The van der Waals surface area contributed by atoms with E-state index >= 15 is 0 Å². The van der Waals surface area contributed by atoms with Gasteiger partial charge in [0.2, 0.25) is 5.88 Å². The van der Waals surface area contributed by atoms with Gasteiger partial charge in [0.05, 0.1) is 24.9 Å². The molecule has 0 radical (unpaired) electrons. The van der Waals surface area contributed by atoms with Crippen LogP contribution in [0.2, 0.25) is 5.02 Å². The van der Waals surface area contributed by atoms with Crippen molar-refractivity contribution >= 4 is 40.9 Å². The number of carbonyl (C=O) groups is 2. The lowest BCUT2D eigenvalue weighted by Crippen LogP contribution is -2.28. The fraction of sp³-hybridized carbons (Fsp3) is 0.348. The van der Waals surface area contributed by atoms with Crippen LogP contribution in [0.15, 0.2) is 40.9 Å². The van der Waals surface area contributed by atoms with Gasteiger partial charge in [-0.3, -0.25) is 9.59 Å². The fourth-order valence-electron chi connectivity index (χ4n) is 3.62. The largest absolute Gasteiger partial charge is 0.474 e. The number of amides is 1. The van der Waals surface area contributed by atoms with E-state index in [0.717, 1.165) is 31.2 Å². The second kappa shape index (κ2) is 10.5. The Kier molecular flexibility index (Phi) is 7.27. The highest BCUT2D eigenvalue weighted by Crippen LogP contribution is 2.28. The predicted octanol–water partition coefficient (Wildman–Crippen LogP) is 4.53. The lowest BCUT2D eigenvalue weighted by Gasteiger charge is -2.27. The van der Waals surface area contributed by atoms with Gasteiger partial charge < -0.3 is 24.5 Å². The normalized spacial score (nSPS) is 17.6. The number of methoxy groups -OCH3 is 1. The van der Waals surface area contributed by atoms with Crippen LogP contribution < -0.4 is 15.4 Å². The van der Waals surface area contributed by atoms with Crippen LogP contribution in [0.25, 0.3) is 0 Å². The topological polar surface area (TPSA) is 128 Å². The number of hydrogen-bond donors (Lipinski definition) is 2. The van der Waals surface area contributed by atoms with Crippen LogP contribution in [-0.4, -0.2) is 40.3 Å². The Bertz CT molecular complexity index is 1160. The van der Waals surface area contributed by atoms with Crippen molar-refractivity contribution in [1.29, 1.82) is 0 Å². The molecule has 1 aromatic carbocycles. The highest BCUT2D eigenvalue weighted by atomic mass is 35.5. The summed E-state index contributed by atoms with van der Waals surface area (Å²) >= 11 is 6.11. The highest BCUT2D eigenvalue weighted by Gasteiger charge is 2.28. The number of nitrogens with zero attached hydrogens (tertiary/aromatic N) is 3. The molecule has 4 rings (SSSR count). The van der Waals surface area contributed by atoms with Crippen LogP contribution in [-0.2, 0) is 9.53 Å². The summed E-state index contributed by atoms with van der Waals surface area (Å²) in [6.07, 6.45) is 4.43. The van der Waals surface area contributed by atoms with Crippen molar-refractivity contribution in [1.82, 2.24) is 15.2 Å². The molecule has 3 aromatic rings. The number of nitrogens with one attached hydrogen (secondary N) is 2. The van der Waals surface area contributed by atoms with Crippen LogP contribution >= 0.6 is 11.6 Å². The number of halogens is 1. The standard InChI is InChI=1S/C23H24ClN5O5/c1-13-3-6-15(11-18(13)24)27-23-29-28-21(34-23)20(30)26-16-7-10-19(25-12-16)33-17-8-4-14(5-9-17)22(31)32-2/h3,6-7,10-12,14,17H,4-5,8-9H2,1-2H3,(H,26,30)(H,27,29). The zero-order chi connectivity index (χ0) is 24.1. The Labute approximate surface area is 201 Å². The summed E-state index contributed by atoms with van der Waals surface area (Å²) in [5.41, 5.74) is 2.04. The molecule has 2 N–H and O–H groups in total. The first-order chi connectivity index (χ1) is 16.4. The number of aryl methyl sites for hydroxylation is 1. The molecule has 1 saturated carbocycles. The molecule has 10 nitrogen and oxygen atoms in total. The Balaban J connectivity index is 1.28. The van der Waals surface area contributed by atoms with Gasteiger partial charge in [0.1, 0.15) is 6.10 Å². The zero-order valence-corrected chi connectivity index (χ0v) is 19.5. The number of hydrogen-bond acceptors (Lipinski definition) is 9. The van der Waals surface area contributed by atoms with E-state index in [1.807, 2.05) is 19.1 Å². The number of rotatable bonds is 7. The molecule has 0 atom stereocenters. The third-order valence-corrected chi connectivity index (χ3v) is 5.94. The molecule has 0 bridgehead atoms. The molecule has 0 aliphatic heterocycles. The Morgan fingerprint density at radius 2 is 1.85 bits per heavy atom. The van der Waals surface area contributed by atoms with Crippen molar-refractivity contribution in [2.75, 3.05) is 17.7 Å². The van der Waals surface area contributed by atoms with Crippen molar-refractivity contribution in [2.24, 2.45) is 5.92 Å². The van der Waals surface area contributed by atoms with Gasteiger partial charge >= 0.3 is 23.8 Å². The minimum absolute atomic E-state index is 0.0124. The third kappa shape index (κ3) is 5.82. The maximum absolute atomic E-state index is 12.4. The molecule has 1 aliphatic rings. The van der Waals surface area contributed by atoms with E-state index in [4.69, 9.17) is 25.5 Å². The third-order valence-electron chi connectivity index (χ3n) is 5.53. The Morgan fingerprint density at radius 1 is 1.09 bits per heavy atom. The van der Waals surface area contributed by atoms with Crippen molar-refractivity contribution in [3.05, 3.63) is 53.0 Å². The second-order valence-corrected chi connectivity index (χ2v) is 8.36. The Hall–Kier alpha value is -3.66. The first kappa shape index (κ1) is 23.5. The van der Waals surface area contributed by atoms with E-state index in [2.05, 4.69) is 25.8 Å². The smallest absolute Gasteiger partial charge is 0.320 e. The van der Waals surface area contributed by atoms with E-state index in [0.29, 0.717) is 22.3 Å².